The molecule has 0 saturated carbocycles. The smallest absolute Gasteiger partial charge is 0.219 e. The lowest BCUT2D eigenvalue weighted by Crippen LogP contribution is -2.05. The highest BCUT2D eigenvalue weighted by molar-refractivity contribution is 5.77. The van der Waals surface area contributed by atoms with Crippen LogP contribution in [0.2, 0.25) is 0 Å². The van der Waals surface area contributed by atoms with E-state index in [1.165, 1.54) is 4.68 Å². The molecule has 0 aromatic carbocycles. The van der Waals surface area contributed by atoms with E-state index in [1.54, 1.807) is 12.4 Å². The molecule has 0 fully saturated rings. The summed E-state index contributed by atoms with van der Waals surface area (Å²) in [5.74, 6) is 1.53. The number of rotatable bonds is 1. The Kier molecular flexibility index (Phi) is 2.60. The molecule has 0 unspecified atom stereocenters. The summed E-state index contributed by atoms with van der Waals surface area (Å²) in [5, 5.41) is 18.3. The largest absolute Gasteiger partial charge is 0.493 e. The summed E-state index contributed by atoms with van der Waals surface area (Å²) < 4.78 is 1.48. The van der Waals surface area contributed by atoms with E-state index in [4.69, 9.17) is 0 Å². The number of anilines is 1. The Morgan fingerprint density at radius 1 is 1.10 bits per heavy atom. The third-order valence-corrected chi connectivity index (χ3v) is 3.55. The van der Waals surface area contributed by atoms with Crippen molar-refractivity contribution in [2.24, 2.45) is 0 Å². The van der Waals surface area contributed by atoms with Gasteiger partial charge in [0.1, 0.15) is 11.5 Å². The van der Waals surface area contributed by atoms with Crippen LogP contribution in [0.15, 0.2) is 42.7 Å². The quantitative estimate of drug-likeness (QED) is 0.712. The Morgan fingerprint density at radius 3 is 2.86 bits per heavy atom. The van der Waals surface area contributed by atoms with Crippen LogP contribution in [-0.4, -0.2) is 31.4 Å². The van der Waals surface area contributed by atoms with Crippen molar-refractivity contribution >= 4 is 5.82 Å². The van der Waals surface area contributed by atoms with Crippen molar-refractivity contribution in [3.05, 3.63) is 48.3 Å². The number of nitrogens with zero attached hydrogens (tertiary/aromatic N) is 4. The van der Waals surface area contributed by atoms with Gasteiger partial charge in [0, 0.05) is 30.1 Å². The predicted octanol–water partition coefficient (Wildman–Crippen LogP) is 2.00. The summed E-state index contributed by atoms with van der Waals surface area (Å²) in [6.45, 7) is 0.707. The fourth-order valence-corrected chi connectivity index (χ4v) is 2.57. The second kappa shape index (κ2) is 4.59. The minimum Gasteiger partial charge on any atom is -0.493 e. The first-order valence-corrected chi connectivity index (χ1v) is 6.76. The minimum absolute atomic E-state index is 0.141. The molecular weight excluding hydrogens is 266 g/mol. The summed E-state index contributed by atoms with van der Waals surface area (Å²) >= 11 is 0. The SMILES string of the molecule is Oc1c2c(nn1-c1ccccn1)-c1cccnc1NCC2. The zero-order valence-electron chi connectivity index (χ0n) is 11.2. The highest BCUT2D eigenvalue weighted by atomic mass is 16.3. The standard InChI is InChI=1S/C15H13N5O/c21-15-11-6-9-18-14-10(4-3-8-17-14)13(11)19-20(15)12-5-1-2-7-16-12/h1-5,7-8,21H,6,9H2,(H,17,18). The third kappa shape index (κ3) is 1.84. The molecule has 0 atom stereocenters. The Balaban J connectivity index is 1.95. The summed E-state index contributed by atoms with van der Waals surface area (Å²) in [7, 11) is 0. The van der Waals surface area contributed by atoms with Gasteiger partial charge in [0.15, 0.2) is 5.82 Å². The number of hydrogen-bond acceptors (Lipinski definition) is 5. The molecule has 3 aromatic heterocycles. The van der Waals surface area contributed by atoms with E-state index in [9.17, 15) is 5.11 Å². The van der Waals surface area contributed by atoms with Crippen LogP contribution < -0.4 is 5.32 Å². The second-order valence-corrected chi connectivity index (χ2v) is 4.83. The predicted molar refractivity (Wildman–Crippen MR) is 78.4 cm³/mol. The molecule has 104 valence electrons. The molecular formula is C15H13N5O. The molecule has 0 aliphatic carbocycles. The fraction of sp³-hybridized carbons (Fsp3) is 0.133. The van der Waals surface area contributed by atoms with Crippen molar-refractivity contribution in [2.45, 2.75) is 6.42 Å². The monoisotopic (exact) mass is 279 g/mol. The van der Waals surface area contributed by atoms with Crippen molar-refractivity contribution in [2.75, 3.05) is 11.9 Å². The molecule has 0 spiro atoms. The lowest BCUT2D eigenvalue weighted by Gasteiger charge is -2.05. The van der Waals surface area contributed by atoms with Gasteiger partial charge in [-0.2, -0.15) is 9.78 Å². The van der Waals surface area contributed by atoms with Crippen LogP contribution in [0.25, 0.3) is 17.1 Å². The number of nitrogens with one attached hydrogen (secondary N) is 1. The summed E-state index contributed by atoms with van der Waals surface area (Å²) in [6, 6.07) is 9.33. The number of fused-ring (bicyclic) bond motifs is 3. The van der Waals surface area contributed by atoms with Crippen LogP contribution in [-0.2, 0) is 6.42 Å². The molecule has 0 amide bonds. The lowest BCUT2D eigenvalue weighted by atomic mass is 10.1. The molecule has 4 rings (SSSR count). The van der Waals surface area contributed by atoms with E-state index in [0.29, 0.717) is 18.8 Å². The van der Waals surface area contributed by atoms with Crippen LogP contribution >= 0.6 is 0 Å². The van der Waals surface area contributed by atoms with E-state index >= 15 is 0 Å². The first-order chi connectivity index (χ1) is 10.3. The van der Waals surface area contributed by atoms with Gasteiger partial charge in [0.25, 0.3) is 0 Å². The van der Waals surface area contributed by atoms with Gasteiger partial charge in [0.05, 0.1) is 0 Å². The van der Waals surface area contributed by atoms with Gasteiger partial charge in [-0.15, -0.1) is 0 Å². The molecule has 1 aliphatic rings. The molecule has 6 heteroatoms. The topological polar surface area (TPSA) is 75.9 Å². The van der Waals surface area contributed by atoms with Crippen LogP contribution in [0.5, 0.6) is 5.88 Å². The zero-order valence-corrected chi connectivity index (χ0v) is 11.2. The van der Waals surface area contributed by atoms with Crippen molar-refractivity contribution in [3.63, 3.8) is 0 Å². The average molecular weight is 279 g/mol. The van der Waals surface area contributed by atoms with Crippen molar-refractivity contribution in [1.82, 2.24) is 19.7 Å². The van der Waals surface area contributed by atoms with Gasteiger partial charge in [-0.25, -0.2) is 9.97 Å². The Bertz CT molecular complexity index is 797. The van der Waals surface area contributed by atoms with Crippen LogP contribution in [0, 0.1) is 0 Å². The van der Waals surface area contributed by atoms with Gasteiger partial charge in [-0.1, -0.05) is 6.07 Å². The summed E-state index contributed by atoms with van der Waals surface area (Å²) in [5.41, 5.74) is 2.47. The number of aromatic hydroxyl groups is 1. The van der Waals surface area contributed by atoms with Crippen molar-refractivity contribution in [3.8, 4) is 23.0 Å². The van der Waals surface area contributed by atoms with E-state index in [2.05, 4.69) is 20.4 Å². The average Bonchev–Trinajstić information content (AvgIpc) is 2.75. The van der Waals surface area contributed by atoms with Crippen LogP contribution in [0.1, 0.15) is 5.56 Å². The Labute approximate surface area is 121 Å². The van der Waals surface area contributed by atoms with Gasteiger partial charge in [-0.05, 0) is 30.7 Å². The summed E-state index contributed by atoms with van der Waals surface area (Å²) in [6.07, 6.45) is 4.11. The van der Waals surface area contributed by atoms with Gasteiger partial charge in [-0.3, -0.25) is 0 Å². The van der Waals surface area contributed by atoms with Crippen LogP contribution in [0.4, 0.5) is 5.82 Å². The molecule has 4 heterocycles. The van der Waals surface area contributed by atoms with Crippen LogP contribution in [0.3, 0.4) is 0 Å². The molecule has 21 heavy (non-hydrogen) atoms. The molecule has 6 nitrogen and oxygen atoms in total. The number of aromatic nitrogens is 4. The first-order valence-electron chi connectivity index (χ1n) is 6.76. The molecule has 1 aliphatic heterocycles. The van der Waals surface area contributed by atoms with E-state index in [-0.39, 0.29) is 5.88 Å². The molecule has 2 N–H and O–H groups in total. The molecule has 0 saturated heterocycles. The van der Waals surface area contributed by atoms with E-state index in [1.807, 2.05) is 30.3 Å². The maximum atomic E-state index is 10.5. The fourth-order valence-electron chi connectivity index (χ4n) is 2.57. The second-order valence-electron chi connectivity index (χ2n) is 4.83. The highest BCUT2D eigenvalue weighted by Gasteiger charge is 2.24. The van der Waals surface area contributed by atoms with Gasteiger partial charge < -0.3 is 10.4 Å². The minimum atomic E-state index is 0.141. The summed E-state index contributed by atoms with van der Waals surface area (Å²) in [4.78, 5) is 8.57. The maximum Gasteiger partial charge on any atom is 0.219 e. The third-order valence-electron chi connectivity index (χ3n) is 3.55. The highest BCUT2D eigenvalue weighted by Crippen LogP contribution is 2.36. The Morgan fingerprint density at radius 2 is 2.00 bits per heavy atom. The Hall–Kier alpha value is -2.89. The first kappa shape index (κ1) is 11.9. The molecule has 0 radical (unpaired) electrons. The zero-order chi connectivity index (χ0) is 14.2. The van der Waals surface area contributed by atoms with Gasteiger partial charge in [0.2, 0.25) is 5.88 Å². The normalized spacial score (nSPS) is 13.0. The van der Waals surface area contributed by atoms with E-state index in [0.717, 1.165) is 22.6 Å². The van der Waals surface area contributed by atoms with Gasteiger partial charge >= 0.3 is 0 Å². The molecule has 3 aromatic rings. The van der Waals surface area contributed by atoms with E-state index < -0.39 is 0 Å². The molecule has 0 bridgehead atoms. The number of hydrogen-bond donors (Lipinski definition) is 2. The maximum absolute atomic E-state index is 10.5. The lowest BCUT2D eigenvalue weighted by molar-refractivity contribution is 0.426. The van der Waals surface area contributed by atoms with Crippen molar-refractivity contribution in [1.29, 1.82) is 0 Å². The number of pyridine rings is 2. The van der Waals surface area contributed by atoms with Crippen molar-refractivity contribution < 1.29 is 5.11 Å².